The predicted molar refractivity (Wildman–Crippen MR) is 78.2 cm³/mol. The average Bonchev–Trinajstić information content (AvgIpc) is 2.39. The summed E-state index contributed by atoms with van der Waals surface area (Å²) < 4.78 is 0. The van der Waals surface area contributed by atoms with Crippen molar-refractivity contribution < 1.29 is 4.79 Å². The lowest BCUT2D eigenvalue weighted by molar-refractivity contribution is 0.145. The van der Waals surface area contributed by atoms with E-state index in [1.165, 1.54) is 12.8 Å². The van der Waals surface area contributed by atoms with Gasteiger partial charge in [0.25, 0.3) is 0 Å². The van der Waals surface area contributed by atoms with Gasteiger partial charge in [0, 0.05) is 32.2 Å². The van der Waals surface area contributed by atoms with Crippen molar-refractivity contribution >= 4 is 6.03 Å². The second-order valence-corrected chi connectivity index (χ2v) is 6.61. The molecule has 2 aliphatic rings. The van der Waals surface area contributed by atoms with Crippen LogP contribution in [0.5, 0.6) is 0 Å². The highest BCUT2D eigenvalue weighted by atomic mass is 16.2. The molecule has 0 aromatic rings. The fraction of sp³-hybridized carbons (Fsp3) is 0.933. The Morgan fingerprint density at radius 1 is 1.16 bits per heavy atom. The number of urea groups is 1. The molecular weight excluding hydrogens is 238 g/mol. The van der Waals surface area contributed by atoms with Gasteiger partial charge >= 0.3 is 6.03 Å². The van der Waals surface area contributed by atoms with E-state index in [0.717, 1.165) is 50.9 Å². The van der Waals surface area contributed by atoms with E-state index >= 15 is 0 Å². The van der Waals surface area contributed by atoms with Crippen LogP contribution in [-0.4, -0.2) is 55.1 Å². The van der Waals surface area contributed by atoms with Crippen molar-refractivity contribution in [1.29, 1.82) is 0 Å². The zero-order chi connectivity index (χ0) is 13.8. The number of piperazine rings is 1. The van der Waals surface area contributed by atoms with Gasteiger partial charge in [0.1, 0.15) is 0 Å². The van der Waals surface area contributed by atoms with Gasteiger partial charge in [-0.1, -0.05) is 26.7 Å². The van der Waals surface area contributed by atoms with Gasteiger partial charge in [0.05, 0.1) is 0 Å². The van der Waals surface area contributed by atoms with E-state index in [9.17, 15) is 4.79 Å². The van der Waals surface area contributed by atoms with Gasteiger partial charge in [-0.05, 0) is 31.7 Å². The average molecular weight is 267 g/mol. The van der Waals surface area contributed by atoms with Crippen LogP contribution in [0.25, 0.3) is 0 Å². The monoisotopic (exact) mass is 267 g/mol. The lowest BCUT2D eigenvalue weighted by atomic mass is 9.79. The standard InChI is InChI=1S/C15H29N3O/c1-12(2)13-5-4-6-14(11-13)16-15(19)18-9-7-17(3)8-10-18/h12-14H,4-11H2,1-3H3,(H,16,19)/t13-,14+/m0/s1. The molecule has 1 saturated carbocycles. The summed E-state index contributed by atoms with van der Waals surface area (Å²) in [5.41, 5.74) is 0. The van der Waals surface area contributed by atoms with E-state index in [1.807, 2.05) is 4.90 Å². The van der Waals surface area contributed by atoms with Crippen LogP contribution in [0.2, 0.25) is 0 Å². The second kappa shape index (κ2) is 6.60. The molecule has 110 valence electrons. The molecule has 1 N–H and O–H groups in total. The lowest BCUT2D eigenvalue weighted by Gasteiger charge is -2.36. The summed E-state index contributed by atoms with van der Waals surface area (Å²) in [5, 5.41) is 3.26. The minimum Gasteiger partial charge on any atom is -0.335 e. The third-order valence-corrected chi connectivity index (χ3v) is 4.78. The number of likely N-dealkylation sites (N-methyl/N-ethyl adjacent to an activating group) is 1. The van der Waals surface area contributed by atoms with Crippen molar-refractivity contribution in [3.05, 3.63) is 0 Å². The van der Waals surface area contributed by atoms with Gasteiger partial charge < -0.3 is 15.1 Å². The van der Waals surface area contributed by atoms with E-state index in [1.54, 1.807) is 0 Å². The number of rotatable bonds is 2. The number of carbonyl (C=O) groups excluding carboxylic acids is 1. The van der Waals surface area contributed by atoms with E-state index in [4.69, 9.17) is 0 Å². The fourth-order valence-electron chi connectivity index (χ4n) is 3.24. The Morgan fingerprint density at radius 3 is 2.47 bits per heavy atom. The topological polar surface area (TPSA) is 35.6 Å². The van der Waals surface area contributed by atoms with Crippen LogP contribution < -0.4 is 5.32 Å². The van der Waals surface area contributed by atoms with Gasteiger partial charge in [-0.15, -0.1) is 0 Å². The summed E-state index contributed by atoms with van der Waals surface area (Å²) in [7, 11) is 2.11. The van der Waals surface area contributed by atoms with Crippen LogP contribution in [0.1, 0.15) is 39.5 Å². The van der Waals surface area contributed by atoms with Crippen molar-refractivity contribution in [1.82, 2.24) is 15.1 Å². The molecule has 0 aromatic heterocycles. The lowest BCUT2D eigenvalue weighted by Crippen LogP contribution is -2.53. The minimum atomic E-state index is 0.155. The highest BCUT2D eigenvalue weighted by Gasteiger charge is 2.27. The van der Waals surface area contributed by atoms with Gasteiger partial charge in [-0.3, -0.25) is 0 Å². The van der Waals surface area contributed by atoms with Crippen molar-refractivity contribution in [3.8, 4) is 0 Å². The largest absolute Gasteiger partial charge is 0.335 e. The first-order valence-corrected chi connectivity index (χ1v) is 7.80. The van der Waals surface area contributed by atoms with Crippen molar-refractivity contribution in [2.45, 2.75) is 45.6 Å². The maximum atomic E-state index is 12.2. The summed E-state index contributed by atoms with van der Waals surface area (Å²) in [6.07, 6.45) is 4.91. The summed E-state index contributed by atoms with van der Waals surface area (Å²) in [5.74, 6) is 1.52. The molecule has 0 spiro atoms. The van der Waals surface area contributed by atoms with E-state index in [-0.39, 0.29) is 6.03 Å². The van der Waals surface area contributed by atoms with Crippen LogP contribution in [0.15, 0.2) is 0 Å². The highest BCUT2D eigenvalue weighted by Crippen LogP contribution is 2.29. The Hall–Kier alpha value is -0.770. The van der Waals surface area contributed by atoms with Gasteiger partial charge in [0.15, 0.2) is 0 Å². The zero-order valence-corrected chi connectivity index (χ0v) is 12.7. The molecule has 2 rings (SSSR count). The van der Waals surface area contributed by atoms with Crippen LogP contribution in [0.4, 0.5) is 4.79 Å². The Balaban J connectivity index is 1.78. The molecule has 1 saturated heterocycles. The summed E-state index contributed by atoms with van der Waals surface area (Å²) >= 11 is 0. The zero-order valence-electron chi connectivity index (χ0n) is 12.7. The normalized spacial score (nSPS) is 29.6. The van der Waals surface area contributed by atoms with Gasteiger partial charge in [0.2, 0.25) is 0 Å². The molecule has 19 heavy (non-hydrogen) atoms. The van der Waals surface area contributed by atoms with Crippen LogP contribution in [0, 0.1) is 11.8 Å². The van der Waals surface area contributed by atoms with Crippen molar-refractivity contribution in [3.63, 3.8) is 0 Å². The minimum absolute atomic E-state index is 0.155. The molecule has 2 fully saturated rings. The highest BCUT2D eigenvalue weighted by molar-refractivity contribution is 5.74. The van der Waals surface area contributed by atoms with E-state index in [2.05, 4.69) is 31.1 Å². The van der Waals surface area contributed by atoms with Gasteiger partial charge in [-0.2, -0.15) is 0 Å². The van der Waals surface area contributed by atoms with Crippen LogP contribution in [-0.2, 0) is 0 Å². The smallest absolute Gasteiger partial charge is 0.317 e. The second-order valence-electron chi connectivity index (χ2n) is 6.61. The maximum absolute atomic E-state index is 12.2. The number of nitrogens with one attached hydrogen (secondary N) is 1. The third kappa shape index (κ3) is 4.10. The number of hydrogen-bond acceptors (Lipinski definition) is 2. The molecule has 0 unspecified atom stereocenters. The summed E-state index contributed by atoms with van der Waals surface area (Å²) in [4.78, 5) is 16.5. The number of carbonyl (C=O) groups is 1. The van der Waals surface area contributed by atoms with E-state index in [0.29, 0.717) is 6.04 Å². The van der Waals surface area contributed by atoms with E-state index < -0.39 is 0 Å². The molecular formula is C15H29N3O. The quantitative estimate of drug-likeness (QED) is 0.832. The number of hydrogen-bond donors (Lipinski definition) is 1. The SMILES string of the molecule is CC(C)[C@H]1CCC[C@@H](NC(=O)N2CCN(C)CC2)C1. The van der Waals surface area contributed by atoms with Crippen molar-refractivity contribution in [2.75, 3.05) is 33.2 Å². The first-order valence-electron chi connectivity index (χ1n) is 7.80. The first kappa shape index (κ1) is 14.6. The summed E-state index contributed by atoms with van der Waals surface area (Å²) in [6, 6.07) is 0.552. The molecule has 1 heterocycles. The Kier molecular flexibility index (Phi) is 5.08. The molecule has 0 aromatic carbocycles. The Morgan fingerprint density at radius 2 is 1.84 bits per heavy atom. The molecule has 4 nitrogen and oxygen atoms in total. The Labute approximate surface area is 117 Å². The summed E-state index contributed by atoms with van der Waals surface area (Å²) in [6.45, 7) is 8.31. The maximum Gasteiger partial charge on any atom is 0.317 e. The predicted octanol–water partition coefficient (Wildman–Crippen LogP) is 2.16. The van der Waals surface area contributed by atoms with Crippen LogP contribution >= 0.6 is 0 Å². The molecule has 2 atom stereocenters. The Bertz CT molecular complexity index is 298. The third-order valence-electron chi connectivity index (χ3n) is 4.78. The molecule has 4 heteroatoms. The number of nitrogens with zero attached hydrogens (tertiary/aromatic N) is 2. The van der Waals surface area contributed by atoms with Crippen molar-refractivity contribution in [2.24, 2.45) is 11.8 Å². The van der Waals surface area contributed by atoms with Gasteiger partial charge in [-0.25, -0.2) is 4.79 Å². The molecule has 2 amide bonds. The molecule has 1 aliphatic carbocycles. The number of amides is 2. The molecule has 0 bridgehead atoms. The first-order chi connectivity index (χ1) is 9.06. The van der Waals surface area contributed by atoms with Crippen LogP contribution in [0.3, 0.4) is 0 Å². The molecule has 0 radical (unpaired) electrons. The fourth-order valence-corrected chi connectivity index (χ4v) is 3.24. The molecule has 1 aliphatic heterocycles.